The first-order valence-corrected chi connectivity index (χ1v) is 5.74. The van der Waals surface area contributed by atoms with E-state index in [0.717, 1.165) is 4.47 Å². The lowest BCUT2D eigenvalue weighted by Gasteiger charge is -2.08. The zero-order valence-corrected chi connectivity index (χ0v) is 10.8. The van der Waals surface area contributed by atoms with Crippen LogP contribution in [0.1, 0.15) is 6.92 Å². The second-order valence-electron chi connectivity index (χ2n) is 3.04. The Kier molecular flexibility index (Phi) is 4.76. The number of imide groups is 1. The SMILES string of the molecule is CC(Cl)C(=O)NC(=O)Nc1ccccc1Br. The van der Waals surface area contributed by atoms with Gasteiger partial charge in [0, 0.05) is 4.47 Å². The van der Waals surface area contributed by atoms with Crippen molar-refractivity contribution in [1.29, 1.82) is 0 Å². The Morgan fingerprint density at radius 3 is 2.56 bits per heavy atom. The maximum atomic E-state index is 11.4. The number of hydrogen-bond donors (Lipinski definition) is 2. The minimum atomic E-state index is -0.745. The molecule has 0 saturated carbocycles. The Hall–Kier alpha value is -1.07. The van der Waals surface area contributed by atoms with E-state index in [1.54, 1.807) is 18.2 Å². The lowest BCUT2D eigenvalue weighted by Crippen LogP contribution is -2.38. The van der Waals surface area contributed by atoms with Gasteiger partial charge in [0.15, 0.2) is 0 Å². The minimum Gasteiger partial charge on any atom is -0.307 e. The number of anilines is 1. The number of carbonyl (C=O) groups is 2. The molecule has 0 bridgehead atoms. The molecular weight excluding hydrogens is 295 g/mol. The molecule has 3 amide bonds. The van der Waals surface area contributed by atoms with Crippen LogP contribution in [-0.4, -0.2) is 17.3 Å². The van der Waals surface area contributed by atoms with Crippen LogP contribution in [0.4, 0.5) is 10.5 Å². The molecule has 1 aromatic carbocycles. The molecule has 0 aliphatic rings. The van der Waals surface area contributed by atoms with E-state index in [4.69, 9.17) is 11.6 Å². The number of para-hydroxylation sites is 1. The van der Waals surface area contributed by atoms with Gasteiger partial charge in [-0.15, -0.1) is 11.6 Å². The average molecular weight is 306 g/mol. The van der Waals surface area contributed by atoms with E-state index in [-0.39, 0.29) is 0 Å². The molecule has 2 N–H and O–H groups in total. The van der Waals surface area contributed by atoms with E-state index in [2.05, 4.69) is 26.6 Å². The molecule has 6 heteroatoms. The Morgan fingerprint density at radius 1 is 1.38 bits per heavy atom. The molecule has 86 valence electrons. The highest BCUT2D eigenvalue weighted by Crippen LogP contribution is 2.20. The van der Waals surface area contributed by atoms with Gasteiger partial charge in [0.25, 0.3) is 0 Å². The number of benzene rings is 1. The molecule has 16 heavy (non-hydrogen) atoms. The summed E-state index contributed by atoms with van der Waals surface area (Å²) in [4.78, 5) is 22.5. The predicted molar refractivity (Wildman–Crippen MR) is 66.6 cm³/mol. The maximum Gasteiger partial charge on any atom is 0.325 e. The zero-order chi connectivity index (χ0) is 12.1. The van der Waals surface area contributed by atoms with Gasteiger partial charge in [-0.2, -0.15) is 0 Å². The van der Waals surface area contributed by atoms with Crippen LogP contribution in [0.5, 0.6) is 0 Å². The van der Waals surface area contributed by atoms with Gasteiger partial charge in [0.05, 0.1) is 5.69 Å². The van der Waals surface area contributed by atoms with Gasteiger partial charge in [0.2, 0.25) is 5.91 Å². The Balaban J connectivity index is 2.59. The largest absolute Gasteiger partial charge is 0.325 e. The van der Waals surface area contributed by atoms with E-state index < -0.39 is 17.3 Å². The van der Waals surface area contributed by atoms with E-state index >= 15 is 0 Å². The van der Waals surface area contributed by atoms with Crippen molar-refractivity contribution >= 4 is 45.2 Å². The monoisotopic (exact) mass is 304 g/mol. The number of rotatable bonds is 2. The summed E-state index contributed by atoms with van der Waals surface area (Å²) in [5, 5.41) is 3.89. The Bertz CT molecular complexity index is 410. The van der Waals surface area contributed by atoms with Crippen molar-refractivity contribution in [3.8, 4) is 0 Å². The van der Waals surface area contributed by atoms with Crippen molar-refractivity contribution in [2.75, 3.05) is 5.32 Å². The van der Waals surface area contributed by atoms with Crippen LogP contribution in [0.3, 0.4) is 0 Å². The summed E-state index contributed by atoms with van der Waals surface area (Å²) in [6, 6.07) is 6.47. The topological polar surface area (TPSA) is 58.2 Å². The first-order chi connectivity index (χ1) is 7.50. The molecule has 0 spiro atoms. The van der Waals surface area contributed by atoms with Gasteiger partial charge in [-0.25, -0.2) is 4.79 Å². The summed E-state index contributed by atoms with van der Waals surface area (Å²) in [5.41, 5.74) is 0.579. The van der Waals surface area contributed by atoms with Crippen LogP contribution in [0.15, 0.2) is 28.7 Å². The molecule has 1 unspecified atom stereocenters. The average Bonchev–Trinajstić information content (AvgIpc) is 2.21. The molecule has 1 atom stereocenters. The van der Waals surface area contributed by atoms with Crippen molar-refractivity contribution in [3.05, 3.63) is 28.7 Å². The van der Waals surface area contributed by atoms with Crippen LogP contribution in [-0.2, 0) is 4.79 Å². The van der Waals surface area contributed by atoms with Gasteiger partial charge in [-0.1, -0.05) is 12.1 Å². The molecular formula is C10H10BrClN2O2. The van der Waals surface area contributed by atoms with Crippen molar-refractivity contribution in [2.45, 2.75) is 12.3 Å². The fourth-order valence-electron chi connectivity index (χ4n) is 0.927. The molecule has 0 aliphatic heterocycles. The Morgan fingerprint density at radius 2 is 2.00 bits per heavy atom. The van der Waals surface area contributed by atoms with Gasteiger partial charge in [-0.3, -0.25) is 10.1 Å². The van der Waals surface area contributed by atoms with Gasteiger partial charge in [-0.05, 0) is 35.0 Å². The molecule has 0 aromatic heterocycles. The normalized spacial score (nSPS) is 11.7. The van der Waals surface area contributed by atoms with Crippen LogP contribution < -0.4 is 10.6 Å². The fourth-order valence-corrected chi connectivity index (χ4v) is 1.37. The summed E-state index contributed by atoms with van der Waals surface area (Å²) in [6.45, 7) is 1.49. The van der Waals surface area contributed by atoms with E-state index in [1.807, 2.05) is 6.07 Å². The number of hydrogen-bond acceptors (Lipinski definition) is 2. The van der Waals surface area contributed by atoms with Crippen LogP contribution in [0, 0.1) is 0 Å². The maximum absolute atomic E-state index is 11.4. The zero-order valence-electron chi connectivity index (χ0n) is 8.46. The van der Waals surface area contributed by atoms with Crippen molar-refractivity contribution in [1.82, 2.24) is 5.32 Å². The summed E-state index contributed by atoms with van der Waals surface area (Å²) >= 11 is 8.77. The second-order valence-corrected chi connectivity index (χ2v) is 4.55. The predicted octanol–water partition coefficient (Wildman–Crippen LogP) is 2.72. The minimum absolute atomic E-state index is 0.536. The van der Waals surface area contributed by atoms with Gasteiger partial charge >= 0.3 is 6.03 Å². The molecule has 0 radical (unpaired) electrons. The van der Waals surface area contributed by atoms with Crippen LogP contribution in [0.25, 0.3) is 0 Å². The standard InChI is InChI=1S/C10H10BrClN2O2/c1-6(12)9(15)14-10(16)13-8-5-3-2-4-7(8)11/h2-6H,1H3,(H2,13,14,15,16). The molecule has 0 aliphatic carbocycles. The van der Waals surface area contributed by atoms with Gasteiger partial charge < -0.3 is 5.32 Å². The Labute approximate surface area is 106 Å². The third-order valence-electron chi connectivity index (χ3n) is 1.72. The summed E-state index contributed by atoms with van der Waals surface area (Å²) in [6.07, 6.45) is 0. The third kappa shape index (κ3) is 3.83. The van der Waals surface area contributed by atoms with E-state index in [9.17, 15) is 9.59 Å². The number of halogens is 2. The quantitative estimate of drug-likeness (QED) is 0.825. The number of amides is 3. The summed E-state index contributed by atoms with van der Waals surface area (Å²) in [5.74, 6) is -0.536. The molecule has 0 fully saturated rings. The smallest absolute Gasteiger partial charge is 0.307 e. The second kappa shape index (κ2) is 5.86. The number of alkyl halides is 1. The summed E-state index contributed by atoms with van der Waals surface area (Å²) < 4.78 is 0.733. The van der Waals surface area contributed by atoms with Crippen LogP contribution >= 0.6 is 27.5 Å². The first-order valence-electron chi connectivity index (χ1n) is 4.51. The lowest BCUT2D eigenvalue weighted by atomic mass is 10.3. The van der Waals surface area contributed by atoms with E-state index in [1.165, 1.54) is 6.92 Å². The summed E-state index contributed by atoms with van der Waals surface area (Å²) in [7, 11) is 0. The van der Waals surface area contributed by atoms with Crippen molar-refractivity contribution in [2.24, 2.45) is 0 Å². The number of nitrogens with one attached hydrogen (secondary N) is 2. The molecule has 1 rings (SSSR count). The highest BCUT2D eigenvalue weighted by molar-refractivity contribution is 9.10. The van der Waals surface area contributed by atoms with Crippen LogP contribution in [0.2, 0.25) is 0 Å². The van der Waals surface area contributed by atoms with Crippen molar-refractivity contribution in [3.63, 3.8) is 0 Å². The first kappa shape index (κ1) is 13.0. The highest BCUT2D eigenvalue weighted by Gasteiger charge is 2.13. The van der Waals surface area contributed by atoms with E-state index in [0.29, 0.717) is 5.69 Å². The molecule has 4 nitrogen and oxygen atoms in total. The van der Waals surface area contributed by atoms with Crippen molar-refractivity contribution < 1.29 is 9.59 Å². The third-order valence-corrected chi connectivity index (χ3v) is 2.61. The number of urea groups is 1. The molecule has 0 heterocycles. The lowest BCUT2D eigenvalue weighted by molar-refractivity contribution is -0.119. The molecule has 1 aromatic rings. The molecule has 0 saturated heterocycles. The fraction of sp³-hybridized carbons (Fsp3) is 0.200. The van der Waals surface area contributed by atoms with Gasteiger partial charge in [0.1, 0.15) is 5.38 Å². The number of carbonyl (C=O) groups excluding carboxylic acids is 2. The highest BCUT2D eigenvalue weighted by atomic mass is 79.9.